The zero-order valence-electron chi connectivity index (χ0n) is 19.3. The number of furan rings is 2. The molecule has 0 spiro atoms. The molecule has 36 heavy (non-hydrogen) atoms. The molecule has 0 radical (unpaired) electrons. The van der Waals surface area contributed by atoms with Crippen molar-refractivity contribution < 1.29 is 27.9 Å². The molecule has 2 atom stereocenters. The van der Waals surface area contributed by atoms with Gasteiger partial charge in [0.15, 0.2) is 13.2 Å². The Kier molecular flexibility index (Phi) is 6.67. The van der Waals surface area contributed by atoms with Gasteiger partial charge < -0.3 is 18.3 Å². The first-order chi connectivity index (χ1) is 17.6. The van der Waals surface area contributed by atoms with Crippen LogP contribution < -0.4 is 4.74 Å². The highest BCUT2D eigenvalue weighted by atomic mass is 16.6. The number of para-hydroxylation sites is 1. The largest absolute Gasteiger partial charge is 0.481 e. The number of benzene rings is 1. The van der Waals surface area contributed by atoms with E-state index in [-0.39, 0.29) is 11.7 Å². The van der Waals surface area contributed by atoms with Gasteiger partial charge in [0.1, 0.15) is 29.4 Å². The van der Waals surface area contributed by atoms with E-state index in [0.717, 1.165) is 36.3 Å². The van der Waals surface area contributed by atoms with Crippen molar-refractivity contribution in [3.05, 3.63) is 83.7 Å². The molecule has 0 N–H and O–H groups in total. The molecule has 2 aliphatic rings. The number of fused-ring (bicyclic) bond motifs is 1. The van der Waals surface area contributed by atoms with Crippen molar-refractivity contribution in [2.75, 3.05) is 13.2 Å². The first kappa shape index (κ1) is 23.2. The molecule has 3 aromatic rings. The third-order valence-electron chi connectivity index (χ3n) is 6.16. The molecule has 9 heteroatoms. The van der Waals surface area contributed by atoms with Crippen LogP contribution in [0.5, 0.6) is 5.75 Å². The number of carbonyl (C=O) groups is 2. The van der Waals surface area contributed by atoms with Crippen LogP contribution in [0.25, 0.3) is 6.08 Å². The topological polar surface area (TPSA) is 118 Å². The molecular weight excluding hydrogens is 462 g/mol. The zero-order chi connectivity index (χ0) is 24.9. The molecular formula is C27H23N3O6. The molecule has 182 valence electrons. The van der Waals surface area contributed by atoms with E-state index in [9.17, 15) is 9.59 Å². The lowest BCUT2D eigenvalue weighted by Crippen LogP contribution is -2.34. The normalized spacial score (nSPS) is 19.9. The summed E-state index contributed by atoms with van der Waals surface area (Å²) in [6, 6.07) is 15.4. The van der Waals surface area contributed by atoms with Crippen molar-refractivity contribution in [2.24, 2.45) is 11.0 Å². The van der Waals surface area contributed by atoms with Crippen LogP contribution in [0.3, 0.4) is 0 Å². The number of hydrogen-bond acceptors (Lipinski definition) is 8. The molecule has 9 nitrogen and oxygen atoms in total. The molecule has 5 rings (SSSR count). The van der Waals surface area contributed by atoms with Gasteiger partial charge in [-0.15, -0.1) is 0 Å². The van der Waals surface area contributed by atoms with Gasteiger partial charge in [0.05, 0.1) is 23.8 Å². The van der Waals surface area contributed by atoms with Gasteiger partial charge in [-0.05, 0) is 67.3 Å². The molecule has 0 bridgehead atoms. The van der Waals surface area contributed by atoms with Crippen LogP contribution in [0.4, 0.5) is 0 Å². The SMILES string of the molecule is N#Cc1ccccc1OCC(=O)OCC(=O)N1N=C2C(=Cc3ccco3)CCCC2C1c1ccco1. The minimum atomic E-state index is -0.728. The van der Waals surface area contributed by atoms with E-state index in [4.69, 9.17) is 23.6 Å². The van der Waals surface area contributed by atoms with Crippen molar-refractivity contribution in [1.29, 1.82) is 5.26 Å². The molecule has 2 aromatic heterocycles. The highest BCUT2D eigenvalue weighted by molar-refractivity contribution is 6.08. The number of nitrogens with zero attached hydrogens (tertiary/aromatic N) is 3. The quantitative estimate of drug-likeness (QED) is 0.453. The monoisotopic (exact) mass is 485 g/mol. The third-order valence-corrected chi connectivity index (χ3v) is 6.16. The highest BCUT2D eigenvalue weighted by Crippen LogP contribution is 2.44. The number of amides is 1. The Labute approximate surface area is 207 Å². The van der Waals surface area contributed by atoms with E-state index in [0.29, 0.717) is 11.3 Å². The summed E-state index contributed by atoms with van der Waals surface area (Å²) < 4.78 is 21.7. The predicted octanol–water partition coefficient (Wildman–Crippen LogP) is 4.49. The minimum absolute atomic E-state index is 0.0448. The lowest BCUT2D eigenvalue weighted by atomic mass is 9.79. The van der Waals surface area contributed by atoms with E-state index < -0.39 is 31.1 Å². The lowest BCUT2D eigenvalue weighted by molar-refractivity contribution is -0.154. The van der Waals surface area contributed by atoms with E-state index in [2.05, 4.69) is 5.10 Å². The van der Waals surface area contributed by atoms with Crippen molar-refractivity contribution in [3.63, 3.8) is 0 Å². The number of nitriles is 1. The summed E-state index contributed by atoms with van der Waals surface area (Å²) in [5.41, 5.74) is 2.13. The van der Waals surface area contributed by atoms with Crippen LogP contribution in [0.2, 0.25) is 0 Å². The van der Waals surface area contributed by atoms with Crippen molar-refractivity contribution >= 4 is 23.7 Å². The fourth-order valence-electron chi connectivity index (χ4n) is 4.56. The van der Waals surface area contributed by atoms with Gasteiger partial charge in [-0.3, -0.25) is 4.79 Å². The average Bonchev–Trinajstić information content (AvgIpc) is 3.67. The Bertz CT molecular complexity index is 1330. The molecule has 1 fully saturated rings. The van der Waals surface area contributed by atoms with Crippen molar-refractivity contribution in [1.82, 2.24) is 5.01 Å². The van der Waals surface area contributed by atoms with Gasteiger partial charge in [0.2, 0.25) is 0 Å². The maximum absolute atomic E-state index is 13.2. The van der Waals surface area contributed by atoms with E-state index in [1.807, 2.05) is 30.3 Å². The fourth-order valence-corrected chi connectivity index (χ4v) is 4.56. The van der Waals surface area contributed by atoms with Gasteiger partial charge in [0, 0.05) is 5.92 Å². The van der Waals surface area contributed by atoms with Crippen LogP contribution in [0, 0.1) is 17.2 Å². The number of carbonyl (C=O) groups excluding carboxylic acids is 2. The van der Waals surface area contributed by atoms with E-state index >= 15 is 0 Å². The molecule has 3 heterocycles. The Morgan fingerprint density at radius 3 is 2.72 bits per heavy atom. The summed E-state index contributed by atoms with van der Waals surface area (Å²) in [6.45, 7) is -0.930. The Morgan fingerprint density at radius 2 is 1.94 bits per heavy atom. The molecule has 1 aromatic carbocycles. The second kappa shape index (κ2) is 10.4. The summed E-state index contributed by atoms with van der Waals surface area (Å²) >= 11 is 0. The zero-order valence-corrected chi connectivity index (χ0v) is 19.3. The molecule has 1 amide bonds. The Morgan fingerprint density at radius 1 is 1.11 bits per heavy atom. The summed E-state index contributed by atoms with van der Waals surface area (Å²) in [7, 11) is 0. The van der Waals surface area contributed by atoms with Gasteiger partial charge >= 0.3 is 5.97 Å². The number of rotatable bonds is 7. The summed E-state index contributed by atoms with van der Waals surface area (Å²) in [4.78, 5) is 25.4. The first-order valence-electron chi connectivity index (χ1n) is 11.6. The van der Waals surface area contributed by atoms with Crippen molar-refractivity contribution in [2.45, 2.75) is 25.3 Å². The number of hydrazone groups is 1. The lowest BCUT2D eigenvalue weighted by Gasteiger charge is -2.27. The Hall–Kier alpha value is -4.58. The fraction of sp³-hybridized carbons (Fsp3) is 0.259. The summed E-state index contributed by atoms with van der Waals surface area (Å²) in [5, 5.41) is 15.2. The van der Waals surface area contributed by atoms with Gasteiger partial charge in [-0.1, -0.05) is 12.1 Å². The summed E-state index contributed by atoms with van der Waals surface area (Å²) in [5.74, 6) is 0.368. The molecule has 1 aliphatic heterocycles. The standard InChI is InChI=1S/C27H23N3O6/c28-15-19-6-1-2-10-22(19)35-17-25(32)36-16-24(31)30-27(23-11-5-13-34-23)21-9-3-7-18(26(21)29-30)14-20-8-4-12-33-20/h1-2,4-6,8,10-14,21,27H,3,7,9,16-17H2. The van der Waals surface area contributed by atoms with Crippen LogP contribution in [0.15, 0.2) is 80.6 Å². The minimum Gasteiger partial charge on any atom is -0.481 e. The van der Waals surface area contributed by atoms with Gasteiger partial charge in [0.25, 0.3) is 5.91 Å². The van der Waals surface area contributed by atoms with E-state index in [1.165, 1.54) is 5.01 Å². The Balaban J connectivity index is 1.29. The van der Waals surface area contributed by atoms with E-state index in [1.54, 1.807) is 42.9 Å². The molecule has 0 saturated heterocycles. The second-order valence-electron chi connectivity index (χ2n) is 8.42. The maximum Gasteiger partial charge on any atom is 0.344 e. The van der Waals surface area contributed by atoms with Crippen LogP contribution in [0.1, 0.15) is 42.4 Å². The first-order valence-corrected chi connectivity index (χ1v) is 11.6. The molecule has 1 saturated carbocycles. The predicted molar refractivity (Wildman–Crippen MR) is 127 cm³/mol. The summed E-state index contributed by atoms with van der Waals surface area (Å²) in [6.07, 6.45) is 7.73. The third kappa shape index (κ3) is 4.79. The second-order valence-corrected chi connectivity index (χ2v) is 8.42. The number of hydrogen-bond donors (Lipinski definition) is 0. The molecule has 2 unspecified atom stereocenters. The van der Waals surface area contributed by atoms with Crippen LogP contribution >= 0.6 is 0 Å². The number of allylic oxidation sites excluding steroid dienone is 1. The number of esters is 1. The average molecular weight is 485 g/mol. The maximum atomic E-state index is 13.2. The van der Waals surface area contributed by atoms with Crippen molar-refractivity contribution in [3.8, 4) is 11.8 Å². The van der Waals surface area contributed by atoms with Gasteiger partial charge in [-0.25, -0.2) is 9.80 Å². The highest BCUT2D eigenvalue weighted by Gasteiger charge is 2.45. The van der Waals surface area contributed by atoms with Gasteiger partial charge in [-0.2, -0.15) is 10.4 Å². The van der Waals surface area contributed by atoms with Crippen LogP contribution in [-0.4, -0.2) is 35.8 Å². The van der Waals surface area contributed by atoms with Crippen LogP contribution in [-0.2, 0) is 14.3 Å². The smallest absolute Gasteiger partial charge is 0.344 e. The number of ether oxygens (including phenoxy) is 2. The molecule has 1 aliphatic carbocycles.